The van der Waals surface area contributed by atoms with E-state index in [1.165, 1.54) is 6.21 Å². The van der Waals surface area contributed by atoms with E-state index in [0.717, 1.165) is 16.7 Å². The second-order valence-electron chi connectivity index (χ2n) is 6.92. The first-order valence-electron chi connectivity index (χ1n) is 10.0. The number of amides is 1. The molecule has 0 aliphatic rings. The maximum absolute atomic E-state index is 12.3. The number of benzene rings is 3. The Bertz CT molecular complexity index is 1200. The minimum atomic E-state index is -0.384. The number of carbonyl (C=O) groups excluding carboxylic acids is 1. The number of hydrazone groups is 1. The molecule has 1 amide bonds. The van der Waals surface area contributed by atoms with Crippen LogP contribution in [-0.4, -0.2) is 29.4 Å². The van der Waals surface area contributed by atoms with Crippen LogP contribution >= 0.6 is 0 Å². The van der Waals surface area contributed by atoms with Crippen molar-refractivity contribution < 1.29 is 14.3 Å². The van der Waals surface area contributed by atoms with Gasteiger partial charge in [-0.25, -0.2) is 5.43 Å². The lowest BCUT2D eigenvalue weighted by Crippen LogP contribution is -2.18. The molecule has 4 aromatic rings. The molecule has 2 N–H and O–H groups in total. The second-order valence-corrected chi connectivity index (χ2v) is 6.92. The van der Waals surface area contributed by atoms with Crippen molar-refractivity contribution in [3.63, 3.8) is 0 Å². The lowest BCUT2D eigenvalue weighted by atomic mass is 10.1. The van der Waals surface area contributed by atoms with Gasteiger partial charge in [-0.1, -0.05) is 60.7 Å². The van der Waals surface area contributed by atoms with Crippen LogP contribution in [0.2, 0.25) is 0 Å². The molecule has 1 heterocycles. The highest BCUT2D eigenvalue weighted by atomic mass is 16.5. The van der Waals surface area contributed by atoms with Gasteiger partial charge in [-0.2, -0.15) is 10.2 Å². The maximum Gasteiger partial charge on any atom is 0.289 e. The molecule has 0 unspecified atom stereocenters. The second kappa shape index (κ2) is 10.1. The zero-order chi connectivity index (χ0) is 22.2. The molecule has 0 saturated heterocycles. The van der Waals surface area contributed by atoms with E-state index in [1.807, 2.05) is 72.8 Å². The van der Waals surface area contributed by atoms with Crippen LogP contribution in [-0.2, 0) is 6.61 Å². The first-order valence-corrected chi connectivity index (χ1v) is 10.0. The first-order chi connectivity index (χ1) is 15.7. The number of nitrogens with zero attached hydrogens (tertiary/aromatic N) is 2. The number of ether oxygens (including phenoxy) is 2. The molecule has 32 heavy (non-hydrogen) atoms. The van der Waals surface area contributed by atoms with Crippen molar-refractivity contribution in [1.29, 1.82) is 0 Å². The number of hydrogen-bond acceptors (Lipinski definition) is 5. The van der Waals surface area contributed by atoms with Crippen LogP contribution in [0.15, 0.2) is 90.0 Å². The normalized spacial score (nSPS) is 10.8. The number of methoxy groups -OCH3 is 1. The van der Waals surface area contributed by atoms with Crippen LogP contribution in [0.5, 0.6) is 11.5 Å². The standard InChI is InChI=1S/C25H22N4O3/c1-31-24-14-19(12-13-23(24)32-17-18-8-4-2-5-9-18)16-26-29-25(30)22-15-21(27-28-22)20-10-6-3-7-11-20/h2-16H,17H2,1H3,(H,27,28)(H,29,30). The molecule has 0 aliphatic heterocycles. The van der Waals surface area contributed by atoms with Gasteiger partial charge in [0.2, 0.25) is 0 Å². The number of H-pyrrole nitrogens is 1. The van der Waals surface area contributed by atoms with E-state index in [-0.39, 0.29) is 5.91 Å². The lowest BCUT2D eigenvalue weighted by Gasteiger charge is -2.11. The summed E-state index contributed by atoms with van der Waals surface area (Å²) >= 11 is 0. The van der Waals surface area contributed by atoms with Crippen LogP contribution in [0.25, 0.3) is 11.3 Å². The van der Waals surface area contributed by atoms with Gasteiger partial charge in [-0.15, -0.1) is 0 Å². The average Bonchev–Trinajstić information content (AvgIpc) is 3.35. The number of rotatable bonds is 8. The summed E-state index contributed by atoms with van der Waals surface area (Å²) in [6.07, 6.45) is 1.54. The largest absolute Gasteiger partial charge is 0.493 e. The highest BCUT2D eigenvalue weighted by Crippen LogP contribution is 2.28. The monoisotopic (exact) mass is 426 g/mol. The van der Waals surface area contributed by atoms with Gasteiger partial charge in [0.25, 0.3) is 5.91 Å². The molecule has 0 aliphatic carbocycles. The Kier molecular flexibility index (Phi) is 6.57. The molecule has 4 rings (SSSR count). The fourth-order valence-corrected chi connectivity index (χ4v) is 3.04. The van der Waals surface area contributed by atoms with Crippen LogP contribution < -0.4 is 14.9 Å². The molecule has 7 nitrogen and oxygen atoms in total. The summed E-state index contributed by atoms with van der Waals surface area (Å²) in [5, 5.41) is 10.9. The van der Waals surface area contributed by atoms with E-state index in [4.69, 9.17) is 9.47 Å². The summed E-state index contributed by atoms with van der Waals surface area (Å²) in [4.78, 5) is 12.3. The third-order valence-corrected chi connectivity index (χ3v) is 4.70. The molecule has 0 saturated carbocycles. The summed E-state index contributed by atoms with van der Waals surface area (Å²) in [5.74, 6) is 0.825. The Hall–Kier alpha value is -4.39. The van der Waals surface area contributed by atoms with Crippen molar-refractivity contribution in [2.45, 2.75) is 6.61 Å². The Morgan fingerprint density at radius 2 is 1.75 bits per heavy atom. The Morgan fingerprint density at radius 3 is 2.50 bits per heavy atom. The maximum atomic E-state index is 12.3. The Morgan fingerprint density at radius 1 is 1.00 bits per heavy atom. The molecular formula is C25H22N4O3. The van der Waals surface area contributed by atoms with Crippen molar-refractivity contribution in [2.75, 3.05) is 7.11 Å². The van der Waals surface area contributed by atoms with Gasteiger partial charge in [0.05, 0.1) is 19.0 Å². The Labute approximate surface area is 185 Å². The van der Waals surface area contributed by atoms with Crippen LogP contribution in [0, 0.1) is 0 Å². The van der Waals surface area contributed by atoms with Gasteiger partial charge >= 0.3 is 0 Å². The van der Waals surface area contributed by atoms with E-state index in [2.05, 4.69) is 20.7 Å². The highest BCUT2D eigenvalue weighted by molar-refractivity contribution is 5.94. The first kappa shape index (κ1) is 20.9. The quantitative estimate of drug-likeness (QED) is 0.322. The van der Waals surface area contributed by atoms with Crippen LogP contribution in [0.1, 0.15) is 21.6 Å². The highest BCUT2D eigenvalue weighted by Gasteiger charge is 2.10. The van der Waals surface area contributed by atoms with Crippen molar-refractivity contribution in [1.82, 2.24) is 15.6 Å². The fourth-order valence-electron chi connectivity index (χ4n) is 3.04. The number of nitrogens with one attached hydrogen (secondary N) is 2. The average molecular weight is 426 g/mol. The molecule has 0 fully saturated rings. The van der Waals surface area contributed by atoms with Gasteiger partial charge in [0.15, 0.2) is 11.5 Å². The third-order valence-electron chi connectivity index (χ3n) is 4.70. The SMILES string of the molecule is COc1cc(C=NNC(=O)c2cc(-c3ccccc3)n[nH]2)ccc1OCc1ccccc1. The molecule has 0 bridgehead atoms. The van der Waals surface area contributed by atoms with Crippen molar-refractivity contribution in [3.8, 4) is 22.8 Å². The van der Waals surface area contributed by atoms with Gasteiger partial charge < -0.3 is 9.47 Å². The lowest BCUT2D eigenvalue weighted by molar-refractivity contribution is 0.0950. The van der Waals surface area contributed by atoms with E-state index >= 15 is 0 Å². The predicted molar refractivity (Wildman–Crippen MR) is 123 cm³/mol. The molecule has 7 heteroatoms. The molecular weight excluding hydrogens is 404 g/mol. The summed E-state index contributed by atoms with van der Waals surface area (Å²) < 4.78 is 11.3. The van der Waals surface area contributed by atoms with Crippen molar-refractivity contribution >= 4 is 12.1 Å². The number of hydrogen-bond donors (Lipinski definition) is 2. The Balaban J connectivity index is 1.37. The predicted octanol–water partition coefficient (Wildman–Crippen LogP) is 4.43. The summed E-state index contributed by atoms with van der Waals surface area (Å²) in [5.41, 5.74) is 6.26. The summed E-state index contributed by atoms with van der Waals surface area (Å²) in [7, 11) is 1.58. The fraction of sp³-hybridized carbons (Fsp3) is 0.0800. The van der Waals surface area contributed by atoms with Crippen LogP contribution in [0.4, 0.5) is 0 Å². The van der Waals surface area contributed by atoms with E-state index in [1.54, 1.807) is 19.2 Å². The van der Waals surface area contributed by atoms with E-state index in [9.17, 15) is 4.79 Å². The topological polar surface area (TPSA) is 88.6 Å². The summed E-state index contributed by atoms with van der Waals surface area (Å²) in [6.45, 7) is 0.440. The van der Waals surface area contributed by atoms with Crippen molar-refractivity contribution in [2.24, 2.45) is 5.10 Å². The smallest absolute Gasteiger partial charge is 0.289 e. The van der Waals surface area contributed by atoms with Crippen molar-refractivity contribution in [3.05, 3.63) is 102 Å². The van der Waals surface area contributed by atoms with Gasteiger partial charge in [0.1, 0.15) is 12.3 Å². The van der Waals surface area contributed by atoms with E-state index < -0.39 is 0 Å². The van der Waals surface area contributed by atoms with Gasteiger partial charge in [-0.3, -0.25) is 9.89 Å². The van der Waals surface area contributed by atoms with Gasteiger partial charge in [-0.05, 0) is 35.4 Å². The molecule has 0 atom stereocenters. The van der Waals surface area contributed by atoms with Gasteiger partial charge in [0, 0.05) is 5.56 Å². The summed E-state index contributed by atoms with van der Waals surface area (Å²) in [6, 6.07) is 26.6. The number of aromatic amines is 1. The molecule has 160 valence electrons. The number of carbonyl (C=O) groups is 1. The minimum absolute atomic E-state index is 0.322. The van der Waals surface area contributed by atoms with E-state index in [0.29, 0.717) is 29.5 Å². The van der Waals surface area contributed by atoms with Crippen LogP contribution in [0.3, 0.4) is 0 Å². The molecule has 0 radical (unpaired) electrons. The zero-order valence-corrected chi connectivity index (χ0v) is 17.5. The number of aromatic nitrogens is 2. The molecule has 1 aromatic heterocycles. The minimum Gasteiger partial charge on any atom is -0.493 e. The molecule has 0 spiro atoms. The third kappa shape index (κ3) is 5.20. The molecule has 3 aromatic carbocycles. The zero-order valence-electron chi connectivity index (χ0n) is 17.5.